The fraction of sp³-hybridized carbons (Fsp3) is 0.120. The number of aromatic nitrogens is 2. The fourth-order valence-corrected chi connectivity index (χ4v) is 3.72. The molecule has 5 rings (SSSR count). The van der Waals surface area contributed by atoms with Crippen LogP contribution in [0, 0.1) is 5.82 Å². The Morgan fingerprint density at radius 1 is 1.06 bits per heavy atom. The summed E-state index contributed by atoms with van der Waals surface area (Å²) < 4.78 is 13.6. The number of pyridine rings is 1. The molecule has 0 aliphatic carbocycles. The van der Waals surface area contributed by atoms with Crippen molar-refractivity contribution in [3.8, 4) is 0 Å². The lowest BCUT2D eigenvalue weighted by atomic mass is 10.1. The zero-order chi connectivity index (χ0) is 24.9. The largest absolute Gasteiger partial charge is 0.354 e. The highest BCUT2D eigenvalue weighted by molar-refractivity contribution is 6.30. The van der Waals surface area contributed by atoms with Crippen LogP contribution >= 0.6 is 11.6 Å². The minimum absolute atomic E-state index is 0.0299. The molecule has 0 radical (unpaired) electrons. The number of halogens is 2. The van der Waals surface area contributed by atoms with Gasteiger partial charge in [-0.1, -0.05) is 35.9 Å². The van der Waals surface area contributed by atoms with E-state index in [-0.39, 0.29) is 42.3 Å². The van der Waals surface area contributed by atoms with Crippen molar-refractivity contribution in [1.29, 1.82) is 0 Å². The number of nitrogens with one attached hydrogen (secondary N) is 3. The lowest BCUT2D eigenvalue weighted by Gasteiger charge is -2.19. The molecule has 3 heterocycles. The van der Waals surface area contributed by atoms with Crippen LogP contribution in [0.3, 0.4) is 0 Å². The summed E-state index contributed by atoms with van der Waals surface area (Å²) in [6.07, 6.45) is 1.65. The molecule has 1 aliphatic rings. The number of hydrogen-bond donors (Lipinski definition) is 3. The Bertz CT molecular complexity index is 1400. The third kappa shape index (κ3) is 5.47. The van der Waals surface area contributed by atoms with E-state index in [1.165, 1.54) is 31.3 Å². The Morgan fingerprint density at radius 2 is 1.77 bits per heavy atom. The molecule has 3 amide bonds. The molecule has 0 saturated carbocycles. The first-order valence-electron chi connectivity index (χ1n) is 10.6. The number of hydrogen-bond acceptors (Lipinski definition) is 4. The summed E-state index contributed by atoms with van der Waals surface area (Å²) in [5.74, 6) is -1.14. The molecule has 178 valence electrons. The van der Waals surface area contributed by atoms with E-state index in [4.69, 9.17) is 11.6 Å². The van der Waals surface area contributed by atoms with Crippen LogP contribution in [-0.4, -0.2) is 34.3 Å². The lowest BCUT2D eigenvalue weighted by molar-refractivity contribution is -0.122. The van der Waals surface area contributed by atoms with Crippen molar-refractivity contribution < 1.29 is 18.8 Å². The third-order valence-electron chi connectivity index (χ3n) is 5.34. The van der Waals surface area contributed by atoms with Crippen LogP contribution in [0.1, 0.15) is 26.7 Å². The van der Waals surface area contributed by atoms with E-state index in [1.54, 1.807) is 22.9 Å². The van der Waals surface area contributed by atoms with Crippen LogP contribution in [0.4, 0.5) is 10.1 Å². The van der Waals surface area contributed by atoms with Crippen molar-refractivity contribution in [3.63, 3.8) is 0 Å². The molecule has 0 unspecified atom stereocenters. The summed E-state index contributed by atoms with van der Waals surface area (Å²) in [5.41, 5.74) is 1.75. The zero-order valence-corrected chi connectivity index (χ0v) is 19.4. The van der Waals surface area contributed by atoms with Crippen molar-refractivity contribution >= 4 is 45.8 Å². The minimum Gasteiger partial charge on any atom is -0.354 e. The summed E-state index contributed by atoms with van der Waals surface area (Å²) in [6.45, 7) is 0.263. The predicted octanol–water partition coefficient (Wildman–Crippen LogP) is 3.76. The van der Waals surface area contributed by atoms with Crippen LogP contribution in [0.15, 0.2) is 66.9 Å². The number of carbonyl (C=O) groups excluding carboxylic acids is 3. The zero-order valence-electron chi connectivity index (χ0n) is 18.6. The molecule has 8 nitrogen and oxygen atoms in total. The number of rotatable bonds is 3. The van der Waals surface area contributed by atoms with Gasteiger partial charge in [0.2, 0.25) is 5.91 Å². The highest BCUT2D eigenvalue weighted by Gasteiger charge is 2.26. The van der Waals surface area contributed by atoms with E-state index < -0.39 is 0 Å². The molecule has 2 aromatic heterocycles. The molecule has 0 saturated heterocycles. The van der Waals surface area contributed by atoms with Crippen molar-refractivity contribution in [3.05, 3.63) is 94.8 Å². The second-order valence-corrected chi connectivity index (χ2v) is 8.08. The predicted molar refractivity (Wildman–Crippen MR) is 131 cm³/mol. The Morgan fingerprint density at radius 3 is 2.46 bits per heavy atom. The standard InChI is InChI=1S/C19H17N5O3.C6H4ClF/c1-20-19(27)15-7-13(16-9-22-17(25)10-24(15)16)23-18(26)14-6-11-4-2-3-5-12(11)8-21-14;7-5-1-3-6(8)4-2-5/h2-8H,9-10H2,1H3,(H,20,27)(H,22,25)(H,23,26);1-4H. The maximum absolute atomic E-state index is 12.7. The summed E-state index contributed by atoms with van der Waals surface area (Å²) >= 11 is 5.44. The molecule has 0 bridgehead atoms. The summed E-state index contributed by atoms with van der Waals surface area (Å²) in [4.78, 5) is 40.7. The highest BCUT2D eigenvalue weighted by Crippen LogP contribution is 2.25. The topological polar surface area (TPSA) is 105 Å². The summed E-state index contributed by atoms with van der Waals surface area (Å²) in [6, 6.07) is 16.6. The molecular weight excluding hydrogens is 473 g/mol. The molecule has 3 N–H and O–H groups in total. The van der Waals surface area contributed by atoms with Gasteiger partial charge in [0, 0.05) is 23.7 Å². The average Bonchev–Trinajstić information content (AvgIpc) is 3.22. The van der Waals surface area contributed by atoms with Gasteiger partial charge in [-0.3, -0.25) is 19.4 Å². The first kappa shape index (κ1) is 23.9. The molecule has 2 aromatic carbocycles. The van der Waals surface area contributed by atoms with Crippen molar-refractivity contribution in [2.75, 3.05) is 12.4 Å². The van der Waals surface area contributed by atoms with Gasteiger partial charge >= 0.3 is 0 Å². The fourth-order valence-electron chi connectivity index (χ4n) is 3.59. The molecule has 0 spiro atoms. The maximum Gasteiger partial charge on any atom is 0.274 e. The van der Waals surface area contributed by atoms with Gasteiger partial charge in [-0.25, -0.2) is 4.39 Å². The highest BCUT2D eigenvalue weighted by atomic mass is 35.5. The van der Waals surface area contributed by atoms with Gasteiger partial charge in [0.15, 0.2) is 0 Å². The van der Waals surface area contributed by atoms with E-state index in [0.717, 1.165) is 10.8 Å². The van der Waals surface area contributed by atoms with Crippen molar-refractivity contribution in [2.24, 2.45) is 0 Å². The average molecular weight is 494 g/mol. The molecule has 0 fully saturated rings. The van der Waals surface area contributed by atoms with E-state index >= 15 is 0 Å². The van der Waals surface area contributed by atoms with Crippen LogP contribution in [0.25, 0.3) is 10.8 Å². The number of fused-ring (bicyclic) bond motifs is 2. The van der Waals surface area contributed by atoms with Gasteiger partial charge in [-0.15, -0.1) is 0 Å². The Kier molecular flexibility index (Phi) is 7.07. The molecule has 1 aliphatic heterocycles. The summed E-state index contributed by atoms with van der Waals surface area (Å²) in [7, 11) is 1.52. The number of amides is 3. The van der Waals surface area contributed by atoms with E-state index in [2.05, 4.69) is 20.9 Å². The quantitative estimate of drug-likeness (QED) is 0.404. The van der Waals surface area contributed by atoms with Crippen molar-refractivity contribution in [2.45, 2.75) is 13.1 Å². The second kappa shape index (κ2) is 10.4. The first-order valence-corrected chi connectivity index (χ1v) is 11.0. The van der Waals surface area contributed by atoms with Gasteiger partial charge in [-0.05, 0) is 41.8 Å². The van der Waals surface area contributed by atoms with Gasteiger partial charge in [0.25, 0.3) is 11.8 Å². The molecule has 4 aromatic rings. The minimum atomic E-state index is -0.380. The molecule has 35 heavy (non-hydrogen) atoms. The normalized spacial score (nSPS) is 12.1. The summed E-state index contributed by atoms with van der Waals surface area (Å²) in [5, 5.41) is 10.5. The van der Waals surface area contributed by atoms with Gasteiger partial charge in [0.1, 0.15) is 23.7 Å². The number of nitrogens with zero attached hydrogens (tertiary/aromatic N) is 2. The van der Waals surface area contributed by atoms with Gasteiger partial charge < -0.3 is 20.5 Å². The van der Waals surface area contributed by atoms with Crippen LogP contribution in [-0.2, 0) is 17.9 Å². The Hall–Kier alpha value is -4.24. The number of benzene rings is 2. The smallest absolute Gasteiger partial charge is 0.274 e. The SMILES string of the molecule is CNC(=O)c1cc(NC(=O)c2cc3ccccc3cn2)c2n1CC(=O)NC2.Fc1ccc(Cl)cc1. The van der Waals surface area contributed by atoms with Gasteiger partial charge in [0.05, 0.1) is 17.9 Å². The molecular formula is C25H21ClFN5O3. The third-order valence-corrected chi connectivity index (χ3v) is 5.59. The maximum atomic E-state index is 12.7. The molecule has 0 atom stereocenters. The second-order valence-electron chi connectivity index (χ2n) is 7.64. The number of carbonyl (C=O) groups is 3. The van der Waals surface area contributed by atoms with Crippen LogP contribution in [0.2, 0.25) is 5.02 Å². The van der Waals surface area contributed by atoms with Gasteiger partial charge in [-0.2, -0.15) is 0 Å². The first-order chi connectivity index (χ1) is 16.9. The van der Waals surface area contributed by atoms with E-state index in [0.29, 0.717) is 22.1 Å². The van der Waals surface area contributed by atoms with E-state index in [9.17, 15) is 18.8 Å². The Balaban J connectivity index is 0.000000308. The monoisotopic (exact) mass is 493 g/mol. The van der Waals surface area contributed by atoms with Crippen molar-refractivity contribution in [1.82, 2.24) is 20.2 Å². The Labute approximate surface area is 205 Å². The van der Waals surface area contributed by atoms with E-state index in [1.807, 2.05) is 24.3 Å². The molecule has 10 heteroatoms. The van der Waals surface area contributed by atoms with Crippen LogP contribution < -0.4 is 16.0 Å². The number of anilines is 1. The van der Waals surface area contributed by atoms with Crippen LogP contribution in [0.5, 0.6) is 0 Å². The lowest BCUT2D eigenvalue weighted by Crippen LogP contribution is -2.36.